The molecule has 0 unspecified atom stereocenters. The average Bonchev–Trinajstić information content (AvgIpc) is 3.38. The second-order valence-corrected chi connectivity index (χ2v) is 7.85. The number of likely N-dealkylation sites (tertiary alicyclic amines) is 1. The van der Waals surface area contributed by atoms with E-state index >= 15 is 0 Å². The van der Waals surface area contributed by atoms with Crippen LogP contribution < -0.4 is 5.32 Å². The fraction of sp³-hybridized carbons (Fsp3) is 0.778. The van der Waals surface area contributed by atoms with Gasteiger partial charge in [0.1, 0.15) is 5.69 Å². The van der Waals surface area contributed by atoms with Crippen molar-refractivity contribution in [1.29, 1.82) is 0 Å². The van der Waals surface area contributed by atoms with E-state index in [1.807, 2.05) is 15.8 Å². The zero-order valence-corrected chi connectivity index (χ0v) is 14.7. The van der Waals surface area contributed by atoms with Gasteiger partial charge >= 0.3 is 0 Å². The van der Waals surface area contributed by atoms with Crippen LogP contribution >= 0.6 is 0 Å². The largest absolute Gasteiger partial charge is 0.350 e. The number of aromatic nitrogens is 3. The van der Waals surface area contributed by atoms with E-state index < -0.39 is 0 Å². The van der Waals surface area contributed by atoms with Crippen LogP contribution in [0.5, 0.6) is 0 Å². The molecule has 7 nitrogen and oxygen atoms in total. The summed E-state index contributed by atoms with van der Waals surface area (Å²) in [6.45, 7) is 2.76. The first-order chi connectivity index (χ1) is 12.2. The number of amides is 2. The maximum absolute atomic E-state index is 13.0. The molecule has 0 radical (unpaired) electrons. The Morgan fingerprint density at radius 1 is 1.12 bits per heavy atom. The standard InChI is InChI=1S/C18H27N5O2/c24-16(14-4-5-14)22-10-7-18(8-11-22)6-2-1-3-9-23-13-15(20-21-23)12-19-17(18)25/h13-14H,1-12H2,(H,19,25). The predicted octanol–water partition coefficient (Wildman–Crippen LogP) is 1.49. The Kier molecular flexibility index (Phi) is 4.48. The Balaban J connectivity index is 1.44. The van der Waals surface area contributed by atoms with Gasteiger partial charge in [-0.15, -0.1) is 5.10 Å². The summed E-state index contributed by atoms with van der Waals surface area (Å²) in [6, 6.07) is 0. The number of nitrogens with zero attached hydrogens (tertiary/aromatic N) is 4. The third kappa shape index (κ3) is 3.55. The van der Waals surface area contributed by atoms with E-state index in [0.717, 1.165) is 76.7 Å². The Labute approximate surface area is 148 Å². The molecule has 1 aromatic rings. The number of carbonyl (C=O) groups is 2. The summed E-state index contributed by atoms with van der Waals surface area (Å²) in [7, 11) is 0. The van der Waals surface area contributed by atoms with E-state index in [0.29, 0.717) is 12.5 Å². The van der Waals surface area contributed by atoms with Crippen LogP contribution in [-0.4, -0.2) is 44.8 Å². The maximum atomic E-state index is 13.0. The van der Waals surface area contributed by atoms with Crippen LogP contribution in [-0.2, 0) is 22.7 Å². The van der Waals surface area contributed by atoms with Crippen molar-refractivity contribution < 1.29 is 9.59 Å². The molecule has 1 aromatic heterocycles. The topological polar surface area (TPSA) is 80.1 Å². The molecule has 0 atom stereocenters. The number of nitrogens with one attached hydrogen (secondary N) is 1. The van der Waals surface area contributed by atoms with Crippen molar-refractivity contribution in [2.75, 3.05) is 13.1 Å². The van der Waals surface area contributed by atoms with E-state index in [1.165, 1.54) is 0 Å². The molecule has 2 fully saturated rings. The van der Waals surface area contributed by atoms with Gasteiger partial charge in [-0.3, -0.25) is 14.3 Å². The van der Waals surface area contributed by atoms with Crippen molar-refractivity contribution in [2.45, 2.75) is 64.5 Å². The first kappa shape index (κ1) is 16.5. The van der Waals surface area contributed by atoms with Crippen LogP contribution in [0.25, 0.3) is 0 Å². The minimum atomic E-state index is -0.324. The van der Waals surface area contributed by atoms with Gasteiger partial charge in [-0.2, -0.15) is 0 Å². The summed E-state index contributed by atoms with van der Waals surface area (Å²) < 4.78 is 1.86. The highest BCUT2D eigenvalue weighted by atomic mass is 16.2. The number of hydrogen-bond acceptors (Lipinski definition) is 4. The van der Waals surface area contributed by atoms with Crippen molar-refractivity contribution >= 4 is 11.8 Å². The summed E-state index contributed by atoms with van der Waals surface area (Å²) >= 11 is 0. The van der Waals surface area contributed by atoms with Gasteiger partial charge in [0.2, 0.25) is 11.8 Å². The Hall–Kier alpha value is -1.92. The van der Waals surface area contributed by atoms with Crippen LogP contribution in [0.1, 0.15) is 57.1 Å². The van der Waals surface area contributed by atoms with Crippen LogP contribution in [0.2, 0.25) is 0 Å². The molecule has 4 rings (SSSR count). The minimum absolute atomic E-state index is 0.126. The van der Waals surface area contributed by atoms with E-state index in [4.69, 9.17) is 0 Å². The quantitative estimate of drug-likeness (QED) is 0.836. The van der Waals surface area contributed by atoms with E-state index in [2.05, 4.69) is 15.6 Å². The van der Waals surface area contributed by atoms with Crippen molar-refractivity contribution in [3.8, 4) is 0 Å². The van der Waals surface area contributed by atoms with Crippen LogP contribution in [0.4, 0.5) is 0 Å². The van der Waals surface area contributed by atoms with Crippen LogP contribution in [0.15, 0.2) is 6.20 Å². The van der Waals surface area contributed by atoms with E-state index in [-0.39, 0.29) is 17.2 Å². The lowest BCUT2D eigenvalue weighted by Gasteiger charge is -2.41. The number of piperidine rings is 1. The third-order valence-corrected chi connectivity index (χ3v) is 6.00. The van der Waals surface area contributed by atoms with E-state index in [9.17, 15) is 9.59 Å². The molecule has 1 N–H and O–H groups in total. The first-order valence-corrected chi connectivity index (χ1v) is 9.62. The smallest absolute Gasteiger partial charge is 0.226 e. The molecule has 1 spiro atoms. The third-order valence-electron chi connectivity index (χ3n) is 6.00. The summed E-state index contributed by atoms with van der Waals surface area (Å²) in [4.78, 5) is 27.3. The highest BCUT2D eigenvalue weighted by Crippen LogP contribution is 2.39. The van der Waals surface area contributed by atoms with Gasteiger partial charge in [0.05, 0.1) is 18.2 Å². The average molecular weight is 345 g/mol. The van der Waals surface area contributed by atoms with Gasteiger partial charge in [0.25, 0.3) is 0 Å². The summed E-state index contributed by atoms with van der Waals surface area (Å²) in [5.41, 5.74) is 0.487. The Bertz CT molecular complexity index is 644. The van der Waals surface area contributed by atoms with Gasteiger partial charge < -0.3 is 10.2 Å². The lowest BCUT2D eigenvalue weighted by atomic mass is 9.73. The van der Waals surface area contributed by atoms with Crippen molar-refractivity contribution in [2.24, 2.45) is 11.3 Å². The van der Waals surface area contributed by atoms with Crippen molar-refractivity contribution in [3.05, 3.63) is 11.9 Å². The van der Waals surface area contributed by atoms with Crippen LogP contribution in [0.3, 0.4) is 0 Å². The molecular weight excluding hydrogens is 318 g/mol. The molecule has 3 heterocycles. The monoisotopic (exact) mass is 345 g/mol. The molecule has 1 aliphatic carbocycles. The van der Waals surface area contributed by atoms with Gasteiger partial charge in [-0.05, 0) is 38.5 Å². The van der Waals surface area contributed by atoms with Gasteiger partial charge in [0, 0.05) is 25.6 Å². The normalized spacial score (nSPS) is 24.3. The van der Waals surface area contributed by atoms with Gasteiger partial charge in [0.15, 0.2) is 0 Å². The lowest BCUT2D eigenvalue weighted by molar-refractivity contribution is -0.142. The number of carbonyl (C=O) groups excluding carboxylic acids is 2. The number of rotatable bonds is 1. The minimum Gasteiger partial charge on any atom is -0.350 e. The van der Waals surface area contributed by atoms with Crippen LogP contribution in [0, 0.1) is 11.3 Å². The molecule has 7 heteroatoms. The summed E-state index contributed by atoms with van der Waals surface area (Å²) in [5.74, 6) is 0.697. The molecular formula is C18H27N5O2. The first-order valence-electron chi connectivity index (χ1n) is 9.62. The summed E-state index contributed by atoms with van der Waals surface area (Å²) in [5, 5.41) is 11.3. The molecule has 1 saturated heterocycles. The molecule has 1 saturated carbocycles. The molecule has 25 heavy (non-hydrogen) atoms. The van der Waals surface area contributed by atoms with Gasteiger partial charge in [-0.25, -0.2) is 0 Å². The number of hydrogen-bond donors (Lipinski definition) is 1. The second-order valence-electron chi connectivity index (χ2n) is 7.85. The molecule has 136 valence electrons. The van der Waals surface area contributed by atoms with Gasteiger partial charge in [-0.1, -0.05) is 18.1 Å². The zero-order chi connectivity index (χ0) is 17.3. The second kappa shape index (κ2) is 6.77. The van der Waals surface area contributed by atoms with E-state index in [1.54, 1.807) is 0 Å². The fourth-order valence-electron chi connectivity index (χ4n) is 4.14. The molecule has 0 aromatic carbocycles. The summed E-state index contributed by atoms with van der Waals surface area (Å²) in [6.07, 6.45) is 9.69. The lowest BCUT2D eigenvalue weighted by Crippen LogP contribution is -2.50. The molecule has 2 amide bonds. The zero-order valence-electron chi connectivity index (χ0n) is 14.7. The highest BCUT2D eigenvalue weighted by molar-refractivity contribution is 5.84. The molecule has 3 aliphatic rings. The predicted molar refractivity (Wildman–Crippen MR) is 91.3 cm³/mol. The SMILES string of the molecule is O=C(C1CC1)N1CCC2(CCCCCn3cc(nn3)CNC2=O)CC1. The Morgan fingerprint density at radius 3 is 2.68 bits per heavy atom. The Morgan fingerprint density at radius 2 is 1.92 bits per heavy atom. The molecule has 2 bridgehead atoms. The van der Waals surface area contributed by atoms with Crippen molar-refractivity contribution in [3.63, 3.8) is 0 Å². The number of aryl methyl sites for hydroxylation is 1. The highest BCUT2D eigenvalue weighted by Gasteiger charge is 2.43. The fourth-order valence-corrected chi connectivity index (χ4v) is 4.14. The maximum Gasteiger partial charge on any atom is 0.226 e. The molecule has 2 aliphatic heterocycles. The van der Waals surface area contributed by atoms with Crippen molar-refractivity contribution in [1.82, 2.24) is 25.2 Å². The number of fused-ring (bicyclic) bond motifs is 2.